The van der Waals surface area contributed by atoms with Gasteiger partial charge in [-0.1, -0.05) is 0 Å². The van der Waals surface area contributed by atoms with Crippen LogP contribution in [0.5, 0.6) is 0 Å². The van der Waals surface area contributed by atoms with E-state index in [9.17, 15) is 14.4 Å². The van der Waals surface area contributed by atoms with Crippen LogP contribution in [0.15, 0.2) is 0 Å². The van der Waals surface area contributed by atoms with Crippen LogP contribution >= 0.6 is 11.8 Å². The Bertz CT molecular complexity index is 390. The first-order valence-electron chi connectivity index (χ1n) is 7.02. The largest absolute Gasteiger partial charge is 0.465 e. The third-order valence-corrected chi connectivity index (χ3v) is 3.84. The van der Waals surface area contributed by atoms with Crippen molar-refractivity contribution in [2.24, 2.45) is 0 Å². The first-order chi connectivity index (χ1) is 9.93. The van der Waals surface area contributed by atoms with Crippen LogP contribution in [-0.4, -0.2) is 66.1 Å². The molecule has 0 saturated carbocycles. The Morgan fingerprint density at radius 3 is 2.71 bits per heavy atom. The number of carbonyl (C=O) groups is 3. The second-order valence-corrected chi connectivity index (χ2v) is 6.14. The minimum atomic E-state index is -0.519. The van der Waals surface area contributed by atoms with Crippen molar-refractivity contribution in [3.8, 4) is 0 Å². The van der Waals surface area contributed by atoms with Gasteiger partial charge in [0.1, 0.15) is 6.04 Å². The number of imide groups is 1. The molecule has 1 heterocycles. The predicted molar refractivity (Wildman–Crippen MR) is 81.1 cm³/mol. The van der Waals surface area contributed by atoms with Gasteiger partial charge in [-0.25, -0.2) is 4.79 Å². The highest BCUT2D eigenvalue weighted by atomic mass is 32.2. The van der Waals surface area contributed by atoms with Crippen LogP contribution in [0.2, 0.25) is 0 Å². The number of ether oxygens (including phenoxy) is 1. The first kappa shape index (κ1) is 17.8. The molecule has 7 nitrogen and oxygen atoms in total. The molecule has 1 aliphatic heterocycles. The van der Waals surface area contributed by atoms with Crippen molar-refractivity contribution >= 4 is 29.7 Å². The molecular formula is C13H23N3O4S. The van der Waals surface area contributed by atoms with Crippen LogP contribution < -0.4 is 10.6 Å². The Labute approximate surface area is 129 Å². The fourth-order valence-electron chi connectivity index (χ4n) is 1.93. The average Bonchev–Trinajstić information content (AvgIpc) is 2.38. The summed E-state index contributed by atoms with van der Waals surface area (Å²) in [6.45, 7) is 6.31. The molecule has 1 atom stereocenters. The fraction of sp³-hybridized carbons (Fsp3) is 0.769. The van der Waals surface area contributed by atoms with Gasteiger partial charge in [-0.2, -0.15) is 11.8 Å². The number of esters is 1. The molecule has 1 rings (SSSR count). The summed E-state index contributed by atoms with van der Waals surface area (Å²) in [6.07, 6.45) is 0. The van der Waals surface area contributed by atoms with Gasteiger partial charge in [-0.15, -0.1) is 0 Å². The van der Waals surface area contributed by atoms with Crippen molar-refractivity contribution in [1.29, 1.82) is 0 Å². The van der Waals surface area contributed by atoms with Crippen molar-refractivity contribution in [2.75, 3.05) is 31.2 Å². The molecule has 21 heavy (non-hydrogen) atoms. The Morgan fingerprint density at radius 1 is 1.38 bits per heavy atom. The van der Waals surface area contributed by atoms with Crippen molar-refractivity contribution in [3.63, 3.8) is 0 Å². The zero-order valence-corrected chi connectivity index (χ0v) is 13.5. The van der Waals surface area contributed by atoms with Gasteiger partial charge in [0.2, 0.25) is 5.91 Å². The topological polar surface area (TPSA) is 87.7 Å². The van der Waals surface area contributed by atoms with Crippen LogP contribution in [0.3, 0.4) is 0 Å². The van der Waals surface area contributed by atoms with E-state index < -0.39 is 18.0 Å². The van der Waals surface area contributed by atoms with E-state index in [1.54, 1.807) is 23.6 Å². The summed E-state index contributed by atoms with van der Waals surface area (Å²) in [6, 6.07) is -0.992. The van der Waals surface area contributed by atoms with Gasteiger partial charge in [0.15, 0.2) is 0 Å². The monoisotopic (exact) mass is 317 g/mol. The number of urea groups is 1. The number of amides is 3. The van der Waals surface area contributed by atoms with Gasteiger partial charge in [-0.3, -0.25) is 19.8 Å². The highest BCUT2D eigenvalue weighted by Gasteiger charge is 2.31. The predicted octanol–water partition coefficient (Wildman–Crippen LogP) is 0.201. The number of nitrogens with zero attached hydrogens (tertiary/aromatic N) is 1. The van der Waals surface area contributed by atoms with E-state index >= 15 is 0 Å². The van der Waals surface area contributed by atoms with Gasteiger partial charge >= 0.3 is 12.0 Å². The lowest BCUT2D eigenvalue weighted by Gasteiger charge is -2.32. The summed E-state index contributed by atoms with van der Waals surface area (Å²) < 4.78 is 5.02. The number of carbonyl (C=O) groups excluding carboxylic acids is 3. The van der Waals surface area contributed by atoms with E-state index in [1.165, 1.54) is 0 Å². The zero-order chi connectivity index (χ0) is 15.8. The number of hydrogen-bond donors (Lipinski definition) is 2. The molecule has 3 amide bonds. The minimum absolute atomic E-state index is 0.00948. The normalized spacial score (nSPS) is 19.1. The van der Waals surface area contributed by atoms with Crippen LogP contribution in [0, 0.1) is 0 Å². The maximum absolute atomic E-state index is 11.9. The van der Waals surface area contributed by atoms with E-state index in [4.69, 9.17) is 4.74 Å². The minimum Gasteiger partial charge on any atom is -0.465 e. The molecule has 0 aromatic heterocycles. The highest BCUT2D eigenvalue weighted by Crippen LogP contribution is 2.17. The SMILES string of the molecule is CCOC(=O)C1CSCCN1CC(=O)NC(=O)NC(C)C. The molecule has 0 aromatic carbocycles. The summed E-state index contributed by atoms with van der Waals surface area (Å²) >= 11 is 1.66. The molecule has 1 fully saturated rings. The molecule has 0 aromatic rings. The maximum atomic E-state index is 11.9. The molecule has 0 bridgehead atoms. The molecule has 1 aliphatic rings. The summed E-state index contributed by atoms with van der Waals surface area (Å²) in [4.78, 5) is 36.9. The summed E-state index contributed by atoms with van der Waals surface area (Å²) in [7, 11) is 0. The Hall–Kier alpha value is -1.28. The lowest BCUT2D eigenvalue weighted by atomic mass is 10.2. The van der Waals surface area contributed by atoms with Crippen molar-refractivity contribution in [3.05, 3.63) is 0 Å². The molecule has 120 valence electrons. The number of nitrogens with one attached hydrogen (secondary N) is 2. The van der Waals surface area contributed by atoms with Gasteiger partial charge in [0.05, 0.1) is 13.2 Å². The molecule has 0 spiro atoms. The Kier molecular flexibility index (Phi) is 7.52. The van der Waals surface area contributed by atoms with Crippen molar-refractivity contribution < 1.29 is 19.1 Å². The molecule has 1 saturated heterocycles. The third-order valence-electron chi connectivity index (χ3n) is 2.82. The summed E-state index contributed by atoms with van der Waals surface area (Å²) in [5, 5.41) is 4.84. The van der Waals surface area contributed by atoms with Gasteiger partial charge in [0.25, 0.3) is 0 Å². The standard InChI is InChI=1S/C13H23N3O4S/c1-4-20-12(18)10-8-21-6-5-16(10)7-11(17)15-13(19)14-9(2)3/h9-10H,4-8H2,1-3H3,(H2,14,15,17,19). The van der Waals surface area contributed by atoms with Crippen LogP contribution in [0.25, 0.3) is 0 Å². The number of thioether (sulfide) groups is 1. The zero-order valence-electron chi connectivity index (χ0n) is 12.7. The number of hydrogen-bond acceptors (Lipinski definition) is 6. The molecular weight excluding hydrogens is 294 g/mol. The quantitative estimate of drug-likeness (QED) is 0.705. The lowest BCUT2D eigenvalue weighted by molar-refractivity contribution is -0.149. The second-order valence-electron chi connectivity index (χ2n) is 4.99. The van der Waals surface area contributed by atoms with Crippen molar-refractivity contribution in [1.82, 2.24) is 15.5 Å². The van der Waals surface area contributed by atoms with Crippen molar-refractivity contribution in [2.45, 2.75) is 32.9 Å². The summed E-state index contributed by atoms with van der Waals surface area (Å²) in [5.74, 6) is 0.713. The average molecular weight is 317 g/mol. The van der Waals surface area contributed by atoms with E-state index in [1.807, 2.05) is 13.8 Å². The smallest absolute Gasteiger partial charge is 0.324 e. The molecule has 1 unspecified atom stereocenters. The highest BCUT2D eigenvalue weighted by molar-refractivity contribution is 7.99. The molecule has 0 aliphatic carbocycles. The van der Waals surface area contributed by atoms with E-state index in [-0.39, 0.29) is 18.6 Å². The third kappa shape index (κ3) is 6.34. The van der Waals surface area contributed by atoms with Crippen LogP contribution in [-0.2, 0) is 14.3 Å². The first-order valence-corrected chi connectivity index (χ1v) is 8.18. The van der Waals surface area contributed by atoms with Gasteiger partial charge < -0.3 is 10.1 Å². The van der Waals surface area contributed by atoms with Crippen LogP contribution in [0.1, 0.15) is 20.8 Å². The van der Waals surface area contributed by atoms with Gasteiger partial charge in [0, 0.05) is 24.1 Å². The lowest BCUT2D eigenvalue weighted by Crippen LogP contribution is -2.53. The Balaban J connectivity index is 2.51. The Morgan fingerprint density at radius 2 is 2.10 bits per heavy atom. The number of rotatable bonds is 5. The van der Waals surface area contributed by atoms with Gasteiger partial charge in [-0.05, 0) is 20.8 Å². The maximum Gasteiger partial charge on any atom is 0.324 e. The van der Waals surface area contributed by atoms with E-state index in [2.05, 4.69) is 10.6 Å². The fourth-order valence-corrected chi connectivity index (χ4v) is 3.03. The van der Waals surface area contributed by atoms with E-state index in [0.717, 1.165) is 5.75 Å². The van der Waals surface area contributed by atoms with Crippen LogP contribution in [0.4, 0.5) is 4.79 Å². The molecule has 0 radical (unpaired) electrons. The molecule has 2 N–H and O–H groups in total. The molecule has 8 heteroatoms. The summed E-state index contributed by atoms with van der Waals surface area (Å²) in [5.41, 5.74) is 0. The van der Waals surface area contributed by atoms with E-state index in [0.29, 0.717) is 18.9 Å². The second kappa shape index (κ2) is 8.89.